The lowest BCUT2D eigenvalue weighted by atomic mass is 10.1. The first-order valence-electron chi connectivity index (χ1n) is 8.76. The molecule has 7 heteroatoms. The minimum Gasteiger partial charge on any atom is -0.376 e. The van der Waals surface area contributed by atoms with E-state index in [2.05, 4.69) is 10.2 Å². The first-order chi connectivity index (χ1) is 12.9. The van der Waals surface area contributed by atoms with Crippen molar-refractivity contribution in [3.63, 3.8) is 0 Å². The molecule has 2 aromatic carbocycles. The first kappa shape index (κ1) is 19.5. The van der Waals surface area contributed by atoms with Crippen molar-refractivity contribution in [3.05, 3.63) is 58.1 Å². The van der Waals surface area contributed by atoms with Crippen LogP contribution in [0, 0.1) is 0 Å². The maximum atomic E-state index is 12.4. The molecule has 0 spiro atoms. The van der Waals surface area contributed by atoms with Gasteiger partial charge in [0.15, 0.2) is 5.78 Å². The molecule has 1 aliphatic rings. The van der Waals surface area contributed by atoms with Crippen molar-refractivity contribution in [2.45, 2.75) is 6.92 Å². The topological polar surface area (TPSA) is 52.7 Å². The number of amides is 1. The third-order valence-electron chi connectivity index (χ3n) is 4.64. The Bertz CT molecular complexity index is 832. The van der Waals surface area contributed by atoms with Crippen LogP contribution in [0.4, 0.5) is 11.4 Å². The highest BCUT2D eigenvalue weighted by atomic mass is 35.5. The van der Waals surface area contributed by atoms with E-state index in [0.29, 0.717) is 28.7 Å². The van der Waals surface area contributed by atoms with Gasteiger partial charge in [-0.05, 0) is 49.4 Å². The standard InChI is InChI=1S/C20H21Cl2N3O2/c1-14(26)15-2-4-16(5-3-15)23-13-20(27)25-10-8-24(9-11-25)17-6-7-18(21)19(22)12-17/h2-7,12,23H,8-11,13H2,1H3. The Kier molecular flexibility index (Phi) is 6.24. The molecular weight excluding hydrogens is 385 g/mol. The van der Waals surface area contributed by atoms with Crippen LogP contribution in [0.1, 0.15) is 17.3 Å². The van der Waals surface area contributed by atoms with Crippen molar-refractivity contribution in [1.82, 2.24) is 4.90 Å². The van der Waals surface area contributed by atoms with Gasteiger partial charge >= 0.3 is 0 Å². The Morgan fingerprint density at radius 3 is 2.22 bits per heavy atom. The van der Waals surface area contributed by atoms with Gasteiger partial charge in [0, 0.05) is 43.1 Å². The molecule has 1 heterocycles. The van der Waals surface area contributed by atoms with Crippen molar-refractivity contribution < 1.29 is 9.59 Å². The number of rotatable bonds is 5. The molecule has 142 valence electrons. The van der Waals surface area contributed by atoms with Crippen molar-refractivity contribution in [1.29, 1.82) is 0 Å². The van der Waals surface area contributed by atoms with Crippen LogP contribution in [-0.2, 0) is 4.79 Å². The molecule has 0 unspecified atom stereocenters. The second kappa shape index (κ2) is 8.63. The molecule has 0 aromatic heterocycles. The Labute approximate surface area is 168 Å². The Morgan fingerprint density at radius 2 is 1.63 bits per heavy atom. The summed E-state index contributed by atoms with van der Waals surface area (Å²) in [6, 6.07) is 12.7. The van der Waals surface area contributed by atoms with E-state index >= 15 is 0 Å². The average molecular weight is 406 g/mol. The second-order valence-corrected chi connectivity index (χ2v) is 7.27. The summed E-state index contributed by atoms with van der Waals surface area (Å²) in [4.78, 5) is 27.8. The first-order valence-corrected chi connectivity index (χ1v) is 9.52. The van der Waals surface area contributed by atoms with E-state index in [1.165, 1.54) is 6.92 Å². The fourth-order valence-electron chi connectivity index (χ4n) is 3.01. The highest BCUT2D eigenvalue weighted by molar-refractivity contribution is 6.42. The van der Waals surface area contributed by atoms with Crippen LogP contribution in [0.3, 0.4) is 0 Å². The summed E-state index contributed by atoms with van der Waals surface area (Å²) in [6.07, 6.45) is 0. The maximum Gasteiger partial charge on any atom is 0.241 e. The van der Waals surface area contributed by atoms with Gasteiger partial charge in [0.25, 0.3) is 0 Å². The Balaban J connectivity index is 1.49. The summed E-state index contributed by atoms with van der Waals surface area (Å²) < 4.78 is 0. The van der Waals surface area contributed by atoms with Crippen LogP contribution in [0.25, 0.3) is 0 Å². The number of ketones is 1. The molecule has 0 aliphatic carbocycles. The highest BCUT2D eigenvalue weighted by Crippen LogP contribution is 2.27. The van der Waals surface area contributed by atoms with Gasteiger partial charge in [-0.15, -0.1) is 0 Å². The zero-order valence-electron chi connectivity index (χ0n) is 15.0. The normalized spacial score (nSPS) is 14.2. The summed E-state index contributed by atoms with van der Waals surface area (Å²) in [5.41, 5.74) is 2.49. The van der Waals surface area contributed by atoms with Crippen molar-refractivity contribution >= 4 is 46.3 Å². The number of nitrogens with one attached hydrogen (secondary N) is 1. The molecule has 1 N–H and O–H groups in total. The zero-order chi connectivity index (χ0) is 19.4. The van der Waals surface area contributed by atoms with E-state index in [0.717, 1.165) is 24.5 Å². The minimum atomic E-state index is 0.0254. The number of hydrogen-bond acceptors (Lipinski definition) is 4. The van der Waals surface area contributed by atoms with E-state index in [-0.39, 0.29) is 18.2 Å². The van der Waals surface area contributed by atoms with E-state index < -0.39 is 0 Å². The number of Topliss-reactive ketones (excluding diaryl/α,β-unsaturated/α-hetero) is 1. The number of halogens is 2. The van der Waals surface area contributed by atoms with Crippen LogP contribution in [0.2, 0.25) is 10.0 Å². The SMILES string of the molecule is CC(=O)c1ccc(NCC(=O)N2CCN(c3ccc(Cl)c(Cl)c3)CC2)cc1. The number of carbonyl (C=O) groups excluding carboxylic acids is 2. The van der Waals surface area contributed by atoms with Crippen LogP contribution >= 0.6 is 23.2 Å². The molecule has 1 fully saturated rings. The van der Waals surface area contributed by atoms with Gasteiger partial charge in [-0.3, -0.25) is 9.59 Å². The Morgan fingerprint density at radius 1 is 0.963 bits per heavy atom. The van der Waals surface area contributed by atoms with Crippen molar-refractivity contribution in [3.8, 4) is 0 Å². The summed E-state index contributed by atoms with van der Waals surface area (Å²) >= 11 is 12.1. The van der Waals surface area contributed by atoms with E-state index in [1.807, 2.05) is 29.2 Å². The fourth-order valence-corrected chi connectivity index (χ4v) is 3.30. The van der Waals surface area contributed by atoms with E-state index in [1.54, 1.807) is 18.2 Å². The van der Waals surface area contributed by atoms with E-state index in [9.17, 15) is 9.59 Å². The molecule has 27 heavy (non-hydrogen) atoms. The van der Waals surface area contributed by atoms with Crippen LogP contribution in [-0.4, -0.2) is 49.3 Å². The molecule has 1 saturated heterocycles. The van der Waals surface area contributed by atoms with Crippen LogP contribution in [0.15, 0.2) is 42.5 Å². The molecule has 2 aromatic rings. The summed E-state index contributed by atoms with van der Waals surface area (Å²) in [7, 11) is 0. The molecule has 0 saturated carbocycles. The third kappa shape index (κ3) is 4.93. The minimum absolute atomic E-state index is 0.0254. The lowest BCUT2D eigenvalue weighted by molar-refractivity contribution is -0.129. The summed E-state index contributed by atoms with van der Waals surface area (Å²) in [6.45, 7) is 4.57. The number of carbonyl (C=O) groups is 2. The molecule has 1 amide bonds. The second-order valence-electron chi connectivity index (χ2n) is 6.45. The molecule has 3 rings (SSSR count). The zero-order valence-corrected chi connectivity index (χ0v) is 16.6. The summed E-state index contributed by atoms with van der Waals surface area (Å²) in [5.74, 6) is 0.0805. The van der Waals surface area contributed by atoms with E-state index in [4.69, 9.17) is 23.2 Å². The average Bonchev–Trinajstić information content (AvgIpc) is 2.68. The molecule has 0 radical (unpaired) electrons. The van der Waals surface area contributed by atoms with Crippen LogP contribution < -0.4 is 10.2 Å². The predicted octanol–water partition coefficient (Wildman–Crippen LogP) is 3.96. The number of anilines is 2. The molecule has 5 nitrogen and oxygen atoms in total. The lowest BCUT2D eigenvalue weighted by Gasteiger charge is -2.36. The number of benzene rings is 2. The fraction of sp³-hybridized carbons (Fsp3) is 0.300. The molecule has 1 aliphatic heterocycles. The quantitative estimate of drug-likeness (QED) is 0.764. The van der Waals surface area contributed by atoms with Crippen molar-refractivity contribution in [2.75, 3.05) is 42.9 Å². The molecular formula is C20H21Cl2N3O2. The van der Waals surface area contributed by atoms with Gasteiger partial charge < -0.3 is 15.1 Å². The largest absolute Gasteiger partial charge is 0.376 e. The van der Waals surface area contributed by atoms with Crippen molar-refractivity contribution in [2.24, 2.45) is 0 Å². The lowest BCUT2D eigenvalue weighted by Crippen LogP contribution is -2.50. The molecule has 0 bridgehead atoms. The molecule has 0 atom stereocenters. The predicted molar refractivity (Wildman–Crippen MR) is 110 cm³/mol. The Hall–Kier alpha value is -2.24. The van der Waals surface area contributed by atoms with Gasteiger partial charge in [0.2, 0.25) is 5.91 Å². The smallest absolute Gasteiger partial charge is 0.241 e. The summed E-state index contributed by atoms with van der Waals surface area (Å²) in [5, 5.41) is 4.19. The van der Waals surface area contributed by atoms with Gasteiger partial charge in [-0.1, -0.05) is 23.2 Å². The van der Waals surface area contributed by atoms with Gasteiger partial charge in [-0.25, -0.2) is 0 Å². The number of hydrogen-bond donors (Lipinski definition) is 1. The van der Waals surface area contributed by atoms with Gasteiger partial charge in [-0.2, -0.15) is 0 Å². The number of piperazine rings is 1. The van der Waals surface area contributed by atoms with Gasteiger partial charge in [0.1, 0.15) is 0 Å². The number of nitrogens with zero attached hydrogens (tertiary/aromatic N) is 2. The van der Waals surface area contributed by atoms with Gasteiger partial charge in [0.05, 0.1) is 16.6 Å². The maximum absolute atomic E-state index is 12.4. The monoisotopic (exact) mass is 405 g/mol. The third-order valence-corrected chi connectivity index (χ3v) is 5.37. The highest BCUT2D eigenvalue weighted by Gasteiger charge is 2.21. The van der Waals surface area contributed by atoms with Crippen LogP contribution in [0.5, 0.6) is 0 Å².